The Balaban J connectivity index is 1.54. The largest absolute Gasteiger partial charge is 0.456 e. The van der Waals surface area contributed by atoms with E-state index in [9.17, 15) is 0 Å². The molecule has 35 heavy (non-hydrogen) atoms. The molecule has 1 aliphatic rings. The number of hydrogen-bond acceptors (Lipinski definition) is 2. The molecule has 0 atom stereocenters. The fourth-order valence-corrected chi connectivity index (χ4v) is 5.77. The van der Waals surface area contributed by atoms with Gasteiger partial charge in [-0.3, -0.25) is 0 Å². The molecule has 168 valence electrons. The van der Waals surface area contributed by atoms with Gasteiger partial charge in [-0.05, 0) is 70.8 Å². The minimum atomic E-state index is -0.0583. The zero-order valence-corrected chi connectivity index (χ0v) is 19.8. The molecule has 0 radical (unpaired) electrons. The molecule has 0 aliphatic heterocycles. The molecule has 2 nitrogen and oxygen atoms in total. The summed E-state index contributed by atoms with van der Waals surface area (Å²) in [4.78, 5) is 2.32. The highest BCUT2D eigenvalue weighted by Gasteiger charge is 2.36. The predicted molar refractivity (Wildman–Crippen MR) is 146 cm³/mol. The SMILES string of the molecule is CC1(C)c2ccccc2-c2cc3oc4cccc(N(c5ccccc5)c5ccccc5)c4c3cc21. The molecule has 5 aromatic carbocycles. The van der Waals surface area contributed by atoms with E-state index in [1.807, 2.05) is 0 Å². The Kier molecular flexibility index (Phi) is 4.22. The molecule has 0 N–H and O–H groups in total. The van der Waals surface area contributed by atoms with Gasteiger partial charge >= 0.3 is 0 Å². The van der Waals surface area contributed by atoms with Crippen LogP contribution in [0.25, 0.3) is 33.1 Å². The smallest absolute Gasteiger partial charge is 0.137 e. The van der Waals surface area contributed by atoms with Crippen molar-refractivity contribution in [3.8, 4) is 11.1 Å². The molecule has 6 aromatic rings. The summed E-state index contributed by atoms with van der Waals surface area (Å²) in [5, 5.41) is 2.30. The van der Waals surface area contributed by atoms with E-state index in [-0.39, 0.29) is 5.41 Å². The van der Waals surface area contributed by atoms with E-state index in [1.54, 1.807) is 0 Å². The van der Waals surface area contributed by atoms with Crippen LogP contribution < -0.4 is 4.90 Å². The van der Waals surface area contributed by atoms with Crippen LogP contribution in [0.5, 0.6) is 0 Å². The van der Waals surface area contributed by atoms with Crippen molar-refractivity contribution in [3.63, 3.8) is 0 Å². The van der Waals surface area contributed by atoms with Crippen LogP contribution >= 0.6 is 0 Å². The molecule has 0 saturated heterocycles. The molecule has 0 saturated carbocycles. The number of fused-ring (bicyclic) bond motifs is 6. The number of furan rings is 1. The van der Waals surface area contributed by atoms with Crippen LogP contribution in [0.2, 0.25) is 0 Å². The van der Waals surface area contributed by atoms with Crippen LogP contribution in [-0.4, -0.2) is 0 Å². The van der Waals surface area contributed by atoms with Crippen molar-refractivity contribution in [2.24, 2.45) is 0 Å². The van der Waals surface area contributed by atoms with E-state index < -0.39 is 0 Å². The summed E-state index contributed by atoms with van der Waals surface area (Å²) in [7, 11) is 0. The molecule has 0 bridgehead atoms. The van der Waals surface area contributed by atoms with E-state index in [2.05, 4.69) is 134 Å². The molecular formula is C33H25NO. The summed E-state index contributed by atoms with van der Waals surface area (Å²) >= 11 is 0. The molecule has 0 fully saturated rings. The molecule has 0 unspecified atom stereocenters. The molecule has 7 rings (SSSR count). The van der Waals surface area contributed by atoms with Crippen molar-refractivity contribution in [2.45, 2.75) is 19.3 Å². The van der Waals surface area contributed by atoms with Crippen LogP contribution in [0.3, 0.4) is 0 Å². The Morgan fingerprint density at radius 3 is 1.94 bits per heavy atom. The lowest BCUT2D eigenvalue weighted by Crippen LogP contribution is -2.14. The third-order valence-electron chi connectivity index (χ3n) is 7.45. The van der Waals surface area contributed by atoms with Crippen molar-refractivity contribution in [1.29, 1.82) is 0 Å². The first kappa shape index (κ1) is 20.1. The molecule has 0 amide bonds. The third kappa shape index (κ3) is 2.90. The van der Waals surface area contributed by atoms with Crippen LogP contribution in [0.4, 0.5) is 17.1 Å². The van der Waals surface area contributed by atoms with Gasteiger partial charge in [-0.15, -0.1) is 0 Å². The molecule has 2 heteroatoms. The van der Waals surface area contributed by atoms with Crippen LogP contribution in [-0.2, 0) is 5.41 Å². The first-order chi connectivity index (χ1) is 17.1. The Morgan fingerprint density at radius 1 is 0.571 bits per heavy atom. The fourth-order valence-electron chi connectivity index (χ4n) is 5.77. The normalized spacial score (nSPS) is 13.7. The number of rotatable bonds is 3. The molecular weight excluding hydrogens is 426 g/mol. The van der Waals surface area contributed by atoms with Crippen molar-refractivity contribution < 1.29 is 4.42 Å². The van der Waals surface area contributed by atoms with Gasteiger partial charge in [-0.1, -0.05) is 80.6 Å². The summed E-state index contributed by atoms with van der Waals surface area (Å²) in [5.41, 5.74) is 10.5. The summed E-state index contributed by atoms with van der Waals surface area (Å²) in [6.45, 7) is 4.65. The Hall–Kier alpha value is -4.30. The van der Waals surface area contributed by atoms with Gasteiger partial charge in [-0.2, -0.15) is 0 Å². The van der Waals surface area contributed by atoms with Crippen LogP contribution in [0.15, 0.2) is 120 Å². The highest BCUT2D eigenvalue weighted by Crippen LogP contribution is 2.51. The van der Waals surface area contributed by atoms with Gasteiger partial charge in [0.25, 0.3) is 0 Å². The second kappa shape index (κ2) is 7.35. The lowest BCUT2D eigenvalue weighted by atomic mass is 9.82. The maximum absolute atomic E-state index is 6.50. The molecule has 1 aliphatic carbocycles. The monoisotopic (exact) mass is 451 g/mol. The first-order valence-electron chi connectivity index (χ1n) is 12.1. The third-order valence-corrected chi connectivity index (χ3v) is 7.45. The quantitative estimate of drug-likeness (QED) is 0.266. The van der Waals surface area contributed by atoms with Gasteiger partial charge in [0.1, 0.15) is 11.2 Å². The Morgan fingerprint density at radius 2 is 1.23 bits per heavy atom. The van der Waals surface area contributed by atoms with E-state index in [0.717, 1.165) is 39.0 Å². The van der Waals surface area contributed by atoms with Crippen molar-refractivity contribution in [3.05, 3.63) is 126 Å². The zero-order chi connectivity index (χ0) is 23.6. The van der Waals surface area contributed by atoms with Crippen molar-refractivity contribution >= 4 is 39.0 Å². The van der Waals surface area contributed by atoms with E-state index in [1.165, 1.54) is 22.3 Å². The number of hydrogen-bond donors (Lipinski definition) is 0. The summed E-state index contributed by atoms with van der Waals surface area (Å²) < 4.78 is 6.50. The van der Waals surface area contributed by atoms with E-state index >= 15 is 0 Å². The lowest BCUT2D eigenvalue weighted by molar-refractivity contribution is 0.658. The molecule has 0 spiro atoms. The second-order valence-corrected chi connectivity index (χ2v) is 9.82. The predicted octanol–water partition coefficient (Wildman–Crippen LogP) is 9.36. The van der Waals surface area contributed by atoms with Gasteiger partial charge in [0.2, 0.25) is 0 Å². The zero-order valence-electron chi connectivity index (χ0n) is 19.8. The van der Waals surface area contributed by atoms with Gasteiger partial charge < -0.3 is 9.32 Å². The average molecular weight is 452 g/mol. The van der Waals surface area contributed by atoms with E-state index in [0.29, 0.717) is 0 Å². The molecule has 1 heterocycles. The summed E-state index contributed by atoms with van der Waals surface area (Å²) in [5.74, 6) is 0. The maximum atomic E-state index is 6.50. The summed E-state index contributed by atoms with van der Waals surface area (Å²) in [6, 6.07) is 40.8. The minimum absolute atomic E-state index is 0.0583. The number of para-hydroxylation sites is 2. The van der Waals surface area contributed by atoms with Gasteiger partial charge in [0.05, 0.1) is 11.1 Å². The summed E-state index contributed by atoms with van der Waals surface area (Å²) in [6.07, 6.45) is 0. The number of anilines is 3. The van der Waals surface area contributed by atoms with Crippen molar-refractivity contribution in [1.82, 2.24) is 0 Å². The van der Waals surface area contributed by atoms with E-state index in [4.69, 9.17) is 4.42 Å². The maximum Gasteiger partial charge on any atom is 0.137 e. The highest BCUT2D eigenvalue weighted by atomic mass is 16.3. The topological polar surface area (TPSA) is 16.4 Å². The highest BCUT2D eigenvalue weighted by molar-refractivity contribution is 6.14. The Labute approximate surface area is 205 Å². The fraction of sp³-hybridized carbons (Fsp3) is 0.0909. The Bertz CT molecular complexity index is 1670. The number of benzene rings is 5. The first-order valence-corrected chi connectivity index (χ1v) is 12.1. The minimum Gasteiger partial charge on any atom is -0.456 e. The average Bonchev–Trinajstić information content (AvgIpc) is 3.37. The van der Waals surface area contributed by atoms with Crippen molar-refractivity contribution in [2.75, 3.05) is 4.90 Å². The standard InChI is InChI=1S/C33H25NO/c1-33(2)27-17-10-9-16-24(27)25-21-31-26(20-28(25)33)32-29(18-11-19-30(32)35-31)34(22-12-5-3-6-13-22)23-14-7-4-8-15-23/h3-21H,1-2H3. The van der Waals surface area contributed by atoms with Crippen LogP contribution in [0, 0.1) is 0 Å². The van der Waals surface area contributed by atoms with Gasteiger partial charge in [-0.25, -0.2) is 0 Å². The van der Waals surface area contributed by atoms with Gasteiger partial charge in [0.15, 0.2) is 0 Å². The number of nitrogens with zero attached hydrogens (tertiary/aromatic N) is 1. The van der Waals surface area contributed by atoms with Gasteiger partial charge in [0, 0.05) is 22.2 Å². The van der Waals surface area contributed by atoms with Crippen LogP contribution in [0.1, 0.15) is 25.0 Å². The molecule has 1 aromatic heterocycles. The second-order valence-electron chi connectivity index (χ2n) is 9.82. The lowest BCUT2D eigenvalue weighted by Gasteiger charge is -2.26.